The van der Waals surface area contributed by atoms with Crippen LogP contribution in [0.1, 0.15) is 18.4 Å². The van der Waals surface area contributed by atoms with Crippen molar-refractivity contribution < 1.29 is 9.53 Å². The summed E-state index contributed by atoms with van der Waals surface area (Å²) in [5.74, 6) is -0.0723. The lowest BCUT2D eigenvalue weighted by atomic mass is 9.84. The zero-order chi connectivity index (χ0) is 19.6. The zero-order valence-corrected chi connectivity index (χ0v) is 15.9. The number of aromatic nitrogens is 2. The van der Waals surface area contributed by atoms with Crippen LogP contribution in [0.2, 0.25) is 0 Å². The molecule has 1 amide bonds. The SMILES string of the molecule is COC1(c2ccccc2)CCN(C(=O)Cn2cnc3ccccc3c2=O)CC1. The maximum atomic E-state index is 12.8. The van der Waals surface area contributed by atoms with Gasteiger partial charge >= 0.3 is 0 Å². The summed E-state index contributed by atoms with van der Waals surface area (Å²) in [6.45, 7) is 1.19. The Morgan fingerprint density at radius 3 is 2.46 bits per heavy atom. The molecule has 4 rings (SSSR count). The van der Waals surface area contributed by atoms with Gasteiger partial charge in [-0.05, 0) is 30.5 Å². The first kappa shape index (κ1) is 18.4. The maximum absolute atomic E-state index is 12.8. The van der Waals surface area contributed by atoms with E-state index in [9.17, 15) is 9.59 Å². The van der Waals surface area contributed by atoms with E-state index >= 15 is 0 Å². The van der Waals surface area contributed by atoms with E-state index < -0.39 is 0 Å². The van der Waals surface area contributed by atoms with Crippen LogP contribution in [0.25, 0.3) is 10.9 Å². The molecule has 0 bridgehead atoms. The minimum Gasteiger partial charge on any atom is -0.373 e. The molecule has 3 aromatic rings. The predicted molar refractivity (Wildman–Crippen MR) is 107 cm³/mol. The number of hydrogen-bond donors (Lipinski definition) is 0. The molecule has 28 heavy (non-hydrogen) atoms. The van der Waals surface area contributed by atoms with Crippen molar-refractivity contribution in [2.75, 3.05) is 20.2 Å². The number of carbonyl (C=O) groups excluding carboxylic acids is 1. The lowest BCUT2D eigenvalue weighted by molar-refractivity contribution is -0.138. The van der Waals surface area contributed by atoms with Crippen molar-refractivity contribution in [1.82, 2.24) is 14.5 Å². The highest BCUT2D eigenvalue weighted by molar-refractivity contribution is 5.79. The van der Waals surface area contributed by atoms with Crippen molar-refractivity contribution in [3.8, 4) is 0 Å². The molecular weight excluding hydrogens is 354 g/mol. The molecule has 1 aliphatic heterocycles. The van der Waals surface area contributed by atoms with Crippen molar-refractivity contribution in [3.63, 3.8) is 0 Å². The average molecular weight is 377 g/mol. The average Bonchev–Trinajstić information content (AvgIpc) is 2.76. The second-order valence-electron chi connectivity index (χ2n) is 7.14. The summed E-state index contributed by atoms with van der Waals surface area (Å²) >= 11 is 0. The van der Waals surface area contributed by atoms with Gasteiger partial charge in [-0.2, -0.15) is 0 Å². The maximum Gasteiger partial charge on any atom is 0.261 e. The Bertz CT molecular complexity index is 1040. The number of ether oxygens (including phenoxy) is 1. The number of para-hydroxylation sites is 1. The van der Waals surface area contributed by atoms with E-state index in [1.165, 1.54) is 10.9 Å². The molecule has 0 aliphatic carbocycles. The highest BCUT2D eigenvalue weighted by Gasteiger charge is 2.37. The fourth-order valence-corrected chi connectivity index (χ4v) is 3.93. The Kier molecular flexibility index (Phi) is 4.96. The van der Waals surface area contributed by atoms with Crippen LogP contribution in [0.5, 0.6) is 0 Å². The molecule has 0 unspecified atom stereocenters. The van der Waals surface area contributed by atoms with E-state index in [4.69, 9.17) is 4.74 Å². The Morgan fingerprint density at radius 2 is 1.75 bits per heavy atom. The third-order valence-corrected chi connectivity index (χ3v) is 5.65. The standard InChI is InChI=1S/C22H23N3O3/c1-28-22(17-7-3-2-4-8-17)11-13-24(14-12-22)20(26)15-25-16-23-19-10-6-5-9-18(19)21(25)27/h2-10,16H,11-15H2,1H3. The Labute approximate surface area is 163 Å². The number of amides is 1. The van der Waals surface area contributed by atoms with Gasteiger partial charge in [-0.1, -0.05) is 42.5 Å². The number of fused-ring (bicyclic) bond motifs is 1. The monoisotopic (exact) mass is 377 g/mol. The van der Waals surface area contributed by atoms with Gasteiger partial charge in [0.15, 0.2) is 0 Å². The first-order valence-corrected chi connectivity index (χ1v) is 9.46. The van der Waals surface area contributed by atoms with Crippen molar-refractivity contribution in [2.24, 2.45) is 0 Å². The van der Waals surface area contributed by atoms with Crippen molar-refractivity contribution in [2.45, 2.75) is 25.0 Å². The third kappa shape index (κ3) is 3.31. The largest absolute Gasteiger partial charge is 0.373 e. The van der Waals surface area contributed by atoms with E-state index in [2.05, 4.69) is 17.1 Å². The van der Waals surface area contributed by atoms with E-state index in [1.807, 2.05) is 29.2 Å². The lowest BCUT2D eigenvalue weighted by Crippen LogP contribution is -2.47. The number of benzene rings is 2. The number of nitrogens with zero attached hydrogens (tertiary/aromatic N) is 3. The first-order valence-electron chi connectivity index (χ1n) is 9.46. The summed E-state index contributed by atoms with van der Waals surface area (Å²) in [7, 11) is 1.73. The Morgan fingerprint density at radius 1 is 1.07 bits per heavy atom. The predicted octanol–water partition coefficient (Wildman–Crippen LogP) is 2.56. The molecule has 0 spiro atoms. The highest BCUT2D eigenvalue weighted by Crippen LogP contribution is 2.36. The molecule has 1 aromatic heterocycles. The molecular formula is C22H23N3O3. The van der Waals surface area contributed by atoms with Crippen LogP contribution in [0.4, 0.5) is 0 Å². The van der Waals surface area contributed by atoms with Crippen molar-refractivity contribution in [3.05, 3.63) is 76.8 Å². The number of hydrogen-bond acceptors (Lipinski definition) is 4. The minimum absolute atomic E-state index is 0.00197. The molecule has 1 saturated heterocycles. The summed E-state index contributed by atoms with van der Waals surface area (Å²) in [5, 5.41) is 0.527. The van der Waals surface area contributed by atoms with Gasteiger partial charge in [-0.3, -0.25) is 14.2 Å². The lowest BCUT2D eigenvalue weighted by Gasteiger charge is -2.41. The number of likely N-dealkylation sites (tertiary alicyclic amines) is 1. The molecule has 6 nitrogen and oxygen atoms in total. The first-order chi connectivity index (χ1) is 13.6. The van der Waals surface area contributed by atoms with Crippen LogP contribution >= 0.6 is 0 Å². The number of methoxy groups -OCH3 is 1. The Balaban J connectivity index is 1.48. The van der Waals surface area contributed by atoms with Gasteiger partial charge in [0, 0.05) is 20.2 Å². The minimum atomic E-state index is -0.362. The van der Waals surface area contributed by atoms with E-state index in [0.29, 0.717) is 24.0 Å². The molecule has 2 heterocycles. The topological polar surface area (TPSA) is 64.4 Å². The van der Waals surface area contributed by atoms with Gasteiger partial charge in [0.25, 0.3) is 5.56 Å². The van der Waals surface area contributed by atoms with Gasteiger partial charge in [-0.25, -0.2) is 4.98 Å². The van der Waals surface area contributed by atoms with Crippen molar-refractivity contribution in [1.29, 1.82) is 0 Å². The number of carbonyl (C=O) groups is 1. The normalized spacial score (nSPS) is 16.2. The summed E-state index contributed by atoms with van der Waals surface area (Å²) in [6, 6.07) is 17.3. The van der Waals surface area contributed by atoms with Crippen LogP contribution in [-0.4, -0.2) is 40.6 Å². The molecule has 0 N–H and O–H groups in total. The summed E-state index contributed by atoms with van der Waals surface area (Å²) in [6.07, 6.45) is 2.91. The Hall–Kier alpha value is -2.99. The smallest absolute Gasteiger partial charge is 0.261 e. The second kappa shape index (κ2) is 7.56. The molecule has 0 atom stereocenters. The summed E-state index contributed by atoms with van der Waals surface area (Å²) in [5.41, 5.74) is 1.23. The highest BCUT2D eigenvalue weighted by atomic mass is 16.5. The van der Waals surface area contributed by atoms with Crippen LogP contribution in [-0.2, 0) is 21.7 Å². The van der Waals surface area contributed by atoms with Gasteiger partial charge < -0.3 is 9.64 Å². The second-order valence-corrected chi connectivity index (χ2v) is 7.14. The quantitative estimate of drug-likeness (QED) is 0.701. The fraction of sp³-hybridized carbons (Fsp3) is 0.318. The summed E-state index contributed by atoms with van der Waals surface area (Å²) in [4.78, 5) is 31.5. The van der Waals surface area contributed by atoms with Gasteiger partial charge in [0.05, 0.1) is 22.8 Å². The molecule has 6 heteroatoms. The van der Waals surface area contributed by atoms with Gasteiger partial charge in [-0.15, -0.1) is 0 Å². The molecule has 2 aromatic carbocycles. The van der Waals surface area contributed by atoms with Crippen LogP contribution in [0, 0.1) is 0 Å². The van der Waals surface area contributed by atoms with Gasteiger partial charge in [0.1, 0.15) is 6.54 Å². The van der Waals surface area contributed by atoms with Crippen LogP contribution in [0.3, 0.4) is 0 Å². The molecule has 144 valence electrons. The van der Waals surface area contributed by atoms with Crippen LogP contribution in [0.15, 0.2) is 65.7 Å². The third-order valence-electron chi connectivity index (χ3n) is 5.65. The molecule has 1 aliphatic rings. The molecule has 1 fully saturated rings. The van der Waals surface area contributed by atoms with E-state index in [-0.39, 0.29) is 23.6 Å². The summed E-state index contributed by atoms with van der Waals surface area (Å²) < 4.78 is 7.26. The van der Waals surface area contributed by atoms with Gasteiger partial charge in [0.2, 0.25) is 5.91 Å². The zero-order valence-electron chi connectivity index (χ0n) is 15.9. The van der Waals surface area contributed by atoms with E-state index in [0.717, 1.165) is 18.4 Å². The molecule has 0 radical (unpaired) electrons. The molecule has 0 saturated carbocycles. The fourth-order valence-electron chi connectivity index (χ4n) is 3.93. The van der Waals surface area contributed by atoms with E-state index in [1.54, 1.807) is 25.3 Å². The number of piperidine rings is 1. The van der Waals surface area contributed by atoms with Crippen LogP contribution < -0.4 is 5.56 Å². The number of rotatable bonds is 4. The van der Waals surface area contributed by atoms with Crippen molar-refractivity contribution >= 4 is 16.8 Å².